The van der Waals surface area contributed by atoms with E-state index in [2.05, 4.69) is 50.2 Å². The van der Waals surface area contributed by atoms with Crippen molar-refractivity contribution in [2.24, 2.45) is 13.0 Å². The Hall–Kier alpha value is -1.36. The van der Waals surface area contributed by atoms with E-state index in [4.69, 9.17) is 0 Å². The van der Waals surface area contributed by atoms with Gasteiger partial charge < -0.3 is 10.2 Å². The fourth-order valence-corrected chi connectivity index (χ4v) is 2.76. The van der Waals surface area contributed by atoms with Crippen LogP contribution in [0.3, 0.4) is 0 Å². The number of amides is 1. The molecule has 0 spiro atoms. The molecule has 1 N–H and O–H groups in total. The number of likely N-dealkylation sites (N-methyl/N-ethyl adjacent to an activating group) is 1. The van der Waals surface area contributed by atoms with E-state index in [-0.39, 0.29) is 5.91 Å². The summed E-state index contributed by atoms with van der Waals surface area (Å²) in [6.07, 6.45) is 2.37. The van der Waals surface area contributed by atoms with Gasteiger partial charge in [-0.15, -0.1) is 0 Å². The lowest BCUT2D eigenvalue weighted by atomic mass is 10.0. The molecule has 1 amide bonds. The summed E-state index contributed by atoms with van der Waals surface area (Å²) in [6.45, 7) is 9.20. The van der Waals surface area contributed by atoms with Crippen molar-refractivity contribution in [3.05, 3.63) is 17.0 Å². The summed E-state index contributed by atoms with van der Waals surface area (Å²) in [5.74, 6) is 0.753. The summed E-state index contributed by atoms with van der Waals surface area (Å²) in [7, 11) is 6.09. The van der Waals surface area contributed by atoms with Gasteiger partial charge in [0.2, 0.25) is 5.91 Å². The molecule has 126 valence electrons. The first-order valence-electron chi connectivity index (χ1n) is 8.14. The quantitative estimate of drug-likeness (QED) is 0.800. The zero-order valence-electron chi connectivity index (χ0n) is 15.2. The highest BCUT2D eigenvalue weighted by molar-refractivity contribution is 5.76. The van der Waals surface area contributed by atoms with E-state index in [0.717, 1.165) is 30.8 Å². The molecule has 1 atom stereocenters. The maximum Gasteiger partial charge on any atom is 0.220 e. The minimum Gasteiger partial charge on any atom is -0.355 e. The van der Waals surface area contributed by atoms with Gasteiger partial charge in [-0.3, -0.25) is 9.48 Å². The molecule has 5 heteroatoms. The second kappa shape index (κ2) is 8.32. The molecule has 1 aromatic heterocycles. The molecule has 0 saturated carbocycles. The highest BCUT2D eigenvalue weighted by atomic mass is 16.1. The van der Waals surface area contributed by atoms with Crippen LogP contribution in [0.5, 0.6) is 0 Å². The van der Waals surface area contributed by atoms with Crippen LogP contribution in [0.4, 0.5) is 0 Å². The summed E-state index contributed by atoms with van der Waals surface area (Å²) >= 11 is 0. The Morgan fingerprint density at radius 1 is 1.32 bits per heavy atom. The van der Waals surface area contributed by atoms with Crippen molar-refractivity contribution < 1.29 is 4.79 Å². The fraction of sp³-hybridized carbons (Fsp3) is 0.765. The molecule has 0 fully saturated rings. The van der Waals surface area contributed by atoms with E-state index in [1.54, 1.807) is 0 Å². The van der Waals surface area contributed by atoms with Crippen molar-refractivity contribution in [1.29, 1.82) is 0 Å². The summed E-state index contributed by atoms with van der Waals surface area (Å²) in [5.41, 5.74) is 3.37. The van der Waals surface area contributed by atoms with Gasteiger partial charge in [0.25, 0.3) is 0 Å². The van der Waals surface area contributed by atoms with E-state index in [9.17, 15) is 4.79 Å². The van der Waals surface area contributed by atoms with E-state index >= 15 is 0 Å². The Kier molecular flexibility index (Phi) is 7.07. The molecule has 0 saturated heterocycles. The second-order valence-corrected chi connectivity index (χ2v) is 6.82. The molecule has 0 unspecified atom stereocenters. The van der Waals surface area contributed by atoms with Crippen LogP contribution in [0.1, 0.15) is 43.6 Å². The molecule has 1 rings (SSSR count). The first-order valence-corrected chi connectivity index (χ1v) is 8.14. The van der Waals surface area contributed by atoms with Crippen LogP contribution >= 0.6 is 0 Å². The van der Waals surface area contributed by atoms with Crippen LogP contribution in [-0.2, 0) is 18.3 Å². The summed E-state index contributed by atoms with van der Waals surface area (Å²) in [5, 5.41) is 7.47. The average molecular weight is 308 g/mol. The Balaban J connectivity index is 2.46. The first kappa shape index (κ1) is 18.7. The van der Waals surface area contributed by atoms with E-state index in [1.165, 1.54) is 5.56 Å². The molecule has 1 aromatic rings. The Labute approximate surface area is 135 Å². The predicted molar refractivity (Wildman–Crippen MR) is 90.9 cm³/mol. The Morgan fingerprint density at radius 2 is 1.95 bits per heavy atom. The van der Waals surface area contributed by atoms with Gasteiger partial charge in [-0.25, -0.2) is 0 Å². The van der Waals surface area contributed by atoms with Gasteiger partial charge in [0.05, 0.1) is 5.69 Å². The van der Waals surface area contributed by atoms with Crippen molar-refractivity contribution in [3.8, 4) is 0 Å². The standard InChI is InChI=1S/C17H32N4O/c1-12(2)10-15(20(5)6)11-18-17(22)9-8-16-13(3)19-21(7)14(16)4/h12,15H,8-11H2,1-7H3,(H,18,22)/t15-/m0/s1. The summed E-state index contributed by atoms with van der Waals surface area (Å²) in [4.78, 5) is 14.3. The lowest BCUT2D eigenvalue weighted by Gasteiger charge is -2.26. The number of carbonyl (C=O) groups is 1. The highest BCUT2D eigenvalue weighted by Gasteiger charge is 2.15. The number of hydrogen-bond acceptors (Lipinski definition) is 3. The molecule has 0 radical (unpaired) electrons. The fourth-order valence-electron chi connectivity index (χ4n) is 2.76. The van der Waals surface area contributed by atoms with Crippen LogP contribution in [0.25, 0.3) is 0 Å². The third-order valence-electron chi connectivity index (χ3n) is 4.27. The number of hydrogen-bond donors (Lipinski definition) is 1. The minimum atomic E-state index is 0.123. The van der Waals surface area contributed by atoms with E-state index in [0.29, 0.717) is 18.4 Å². The Morgan fingerprint density at radius 3 is 2.41 bits per heavy atom. The van der Waals surface area contributed by atoms with E-state index in [1.807, 2.05) is 18.7 Å². The van der Waals surface area contributed by atoms with Gasteiger partial charge in [0.1, 0.15) is 0 Å². The number of nitrogens with one attached hydrogen (secondary N) is 1. The normalized spacial score (nSPS) is 13.0. The molecule has 22 heavy (non-hydrogen) atoms. The maximum atomic E-state index is 12.1. The number of aromatic nitrogens is 2. The van der Waals surface area contributed by atoms with Gasteiger partial charge in [-0.2, -0.15) is 5.10 Å². The van der Waals surface area contributed by atoms with Crippen LogP contribution < -0.4 is 5.32 Å². The largest absolute Gasteiger partial charge is 0.355 e. The first-order chi connectivity index (χ1) is 10.2. The number of rotatable bonds is 8. The van der Waals surface area contributed by atoms with Gasteiger partial charge in [0.15, 0.2) is 0 Å². The average Bonchev–Trinajstić information content (AvgIpc) is 2.65. The molecule has 0 bridgehead atoms. The molecule has 0 aromatic carbocycles. The van der Waals surface area contributed by atoms with Gasteiger partial charge in [-0.1, -0.05) is 13.8 Å². The molecule has 0 aliphatic rings. The number of aryl methyl sites for hydroxylation is 2. The monoisotopic (exact) mass is 308 g/mol. The van der Waals surface area contributed by atoms with Gasteiger partial charge in [-0.05, 0) is 52.3 Å². The summed E-state index contributed by atoms with van der Waals surface area (Å²) in [6, 6.07) is 0.394. The van der Waals surface area contributed by atoms with Crippen LogP contribution in [0, 0.1) is 19.8 Å². The van der Waals surface area contributed by atoms with Crippen molar-refractivity contribution in [2.75, 3.05) is 20.6 Å². The zero-order valence-corrected chi connectivity index (χ0v) is 15.2. The number of carbonyl (C=O) groups excluding carboxylic acids is 1. The molecular weight excluding hydrogens is 276 g/mol. The van der Waals surface area contributed by atoms with Crippen molar-refractivity contribution in [2.45, 2.75) is 53.0 Å². The second-order valence-electron chi connectivity index (χ2n) is 6.82. The molecule has 0 aliphatic heterocycles. The smallest absolute Gasteiger partial charge is 0.220 e. The van der Waals surface area contributed by atoms with Crippen LogP contribution in [0.2, 0.25) is 0 Å². The lowest BCUT2D eigenvalue weighted by molar-refractivity contribution is -0.121. The molecule has 0 aliphatic carbocycles. The van der Waals surface area contributed by atoms with Crippen LogP contribution in [-0.4, -0.2) is 47.3 Å². The predicted octanol–water partition coefficient (Wildman–Crippen LogP) is 2.06. The molecular formula is C17H32N4O. The zero-order chi connectivity index (χ0) is 16.9. The van der Waals surface area contributed by atoms with Crippen LogP contribution in [0.15, 0.2) is 0 Å². The SMILES string of the molecule is Cc1nn(C)c(C)c1CCC(=O)NC[C@H](CC(C)C)N(C)C. The molecule has 1 heterocycles. The number of nitrogens with zero attached hydrogens (tertiary/aromatic N) is 3. The van der Waals surface area contributed by atoms with Gasteiger partial charge in [0, 0.05) is 31.7 Å². The van der Waals surface area contributed by atoms with Crippen molar-refractivity contribution >= 4 is 5.91 Å². The van der Waals surface area contributed by atoms with E-state index < -0.39 is 0 Å². The minimum absolute atomic E-state index is 0.123. The van der Waals surface area contributed by atoms with Crippen molar-refractivity contribution in [1.82, 2.24) is 20.0 Å². The third kappa shape index (κ3) is 5.44. The van der Waals surface area contributed by atoms with Gasteiger partial charge >= 0.3 is 0 Å². The Bertz CT molecular complexity index is 491. The highest BCUT2D eigenvalue weighted by Crippen LogP contribution is 2.14. The summed E-state index contributed by atoms with van der Waals surface area (Å²) < 4.78 is 1.88. The lowest BCUT2D eigenvalue weighted by Crippen LogP contribution is -2.41. The topological polar surface area (TPSA) is 50.2 Å². The van der Waals surface area contributed by atoms with Crippen molar-refractivity contribution in [3.63, 3.8) is 0 Å². The maximum absolute atomic E-state index is 12.1. The molecule has 5 nitrogen and oxygen atoms in total. The third-order valence-corrected chi connectivity index (χ3v) is 4.27.